The van der Waals surface area contributed by atoms with E-state index in [0.717, 1.165) is 16.9 Å². The van der Waals surface area contributed by atoms with E-state index in [1.807, 2.05) is 61.5 Å². The predicted octanol–water partition coefficient (Wildman–Crippen LogP) is 3.56. The SMILES string of the molecule is CCOc1ccc(C=C(C(=O)NCc2ccccc2)n2ccccc2=O)cc1. The number of benzene rings is 2. The number of ether oxygens (including phenoxy) is 1. The summed E-state index contributed by atoms with van der Waals surface area (Å²) in [4.78, 5) is 25.2. The number of hydrogen-bond acceptors (Lipinski definition) is 3. The van der Waals surface area contributed by atoms with E-state index >= 15 is 0 Å². The first-order valence-electron chi connectivity index (χ1n) is 9.12. The van der Waals surface area contributed by atoms with Gasteiger partial charge in [-0.25, -0.2) is 0 Å². The Morgan fingerprint density at radius 2 is 1.71 bits per heavy atom. The first-order valence-corrected chi connectivity index (χ1v) is 9.12. The monoisotopic (exact) mass is 374 g/mol. The number of amides is 1. The summed E-state index contributed by atoms with van der Waals surface area (Å²) in [5.74, 6) is 0.428. The molecule has 1 N–H and O–H groups in total. The van der Waals surface area contributed by atoms with Gasteiger partial charge in [0, 0.05) is 18.8 Å². The summed E-state index contributed by atoms with van der Waals surface area (Å²) in [6.45, 7) is 2.88. The number of pyridine rings is 1. The zero-order chi connectivity index (χ0) is 19.8. The molecule has 0 aliphatic rings. The van der Waals surface area contributed by atoms with Gasteiger partial charge in [-0.3, -0.25) is 14.2 Å². The van der Waals surface area contributed by atoms with Crippen molar-refractivity contribution in [1.29, 1.82) is 0 Å². The molecule has 0 saturated carbocycles. The molecule has 0 fully saturated rings. The maximum atomic E-state index is 12.9. The molecule has 5 nitrogen and oxygen atoms in total. The maximum absolute atomic E-state index is 12.9. The molecule has 5 heteroatoms. The van der Waals surface area contributed by atoms with Gasteiger partial charge in [-0.05, 0) is 42.3 Å². The molecule has 0 aliphatic carbocycles. The number of carbonyl (C=O) groups excluding carboxylic acids is 1. The summed E-state index contributed by atoms with van der Waals surface area (Å²) in [6.07, 6.45) is 3.28. The van der Waals surface area contributed by atoms with Crippen molar-refractivity contribution < 1.29 is 9.53 Å². The molecular weight excluding hydrogens is 352 g/mol. The minimum Gasteiger partial charge on any atom is -0.494 e. The minimum atomic E-state index is -0.328. The van der Waals surface area contributed by atoms with Crippen LogP contribution in [0.4, 0.5) is 0 Å². The Bertz CT molecular complexity index is 1010. The molecule has 0 aliphatic heterocycles. The lowest BCUT2D eigenvalue weighted by atomic mass is 10.1. The highest BCUT2D eigenvalue weighted by Gasteiger charge is 2.13. The van der Waals surface area contributed by atoms with Crippen molar-refractivity contribution in [3.8, 4) is 5.75 Å². The molecule has 0 unspecified atom stereocenters. The summed E-state index contributed by atoms with van der Waals surface area (Å²) >= 11 is 0. The molecule has 3 rings (SSSR count). The van der Waals surface area contributed by atoms with Crippen LogP contribution in [0.1, 0.15) is 18.1 Å². The second-order valence-corrected chi connectivity index (χ2v) is 6.11. The smallest absolute Gasteiger partial charge is 0.268 e. The van der Waals surface area contributed by atoms with E-state index in [0.29, 0.717) is 13.2 Å². The Balaban J connectivity index is 1.89. The maximum Gasteiger partial charge on any atom is 0.268 e. The number of nitrogens with zero attached hydrogens (tertiary/aromatic N) is 1. The van der Waals surface area contributed by atoms with Crippen molar-refractivity contribution in [3.05, 3.63) is 100 Å². The van der Waals surface area contributed by atoms with Crippen molar-refractivity contribution in [2.75, 3.05) is 6.61 Å². The number of aromatic nitrogens is 1. The molecular formula is C23H22N2O3. The first kappa shape index (κ1) is 19.2. The number of hydrogen-bond donors (Lipinski definition) is 1. The molecule has 1 amide bonds. The van der Waals surface area contributed by atoms with Crippen LogP contribution < -0.4 is 15.6 Å². The van der Waals surface area contributed by atoms with E-state index in [-0.39, 0.29) is 17.2 Å². The van der Waals surface area contributed by atoms with Crippen LogP contribution in [-0.2, 0) is 11.3 Å². The fourth-order valence-electron chi connectivity index (χ4n) is 2.72. The third kappa shape index (κ3) is 4.98. The zero-order valence-corrected chi connectivity index (χ0v) is 15.7. The van der Waals surface area contributed by atoms with Gasteiger partial charge in [0.15, 0.2) is 0 Å². The van der Waals surface area contributed by atoms with Gasteiger partial charge in [-0.15, -0.1) is 0 Å². The van der Waals surface area contributed by atoms with Crippen LogP contribution in [-0.4, -0.2) is 17.1 Å². The summed E-state index contributed by atoms with van der Waals surface area (Å²) in [5, 5.41) is 2.89. The minimum absolute atomic E-state index is 0.255. The fourth-order valence-corrected chi connectivity index (χ4v) is 2.72. The second-order valence-electron chi connectivity index (χ2n) is 6.11. The van der Waals surface area contributed by atoms with Gasteiger partial charge in [-0.2, -0.15) is 0 Å². The first-order chi connectivity index (χ1) is 13.7. The molecule has 0 spiro atoms. The van der Waals surface area contributed by atoms with Gasteiger partial charge in [0.25, 0.3) is 11.5 Å². The summed E-state index contributed by atoms with van der Waals surface area (Å²) < 4.78 is 6.79. The van der Waals surface area contributed by atoms with E-state index < -0.39 is 0 Å². The molecule has 28 heavy (non-hydrogen) atoms. The van der Waals surface area contributed by atoms with Gasteiger partial charge in [-0.1, -0.05) is 48.5 Å². The van der Waals surface area contributed by atoms with Crippen molar-refractivity contribution >= 4 is 17.7 Å². The highest BCUT2D eigenvalue weighted by Crippen LogP contribution is 2.16. The Hall–Kier alpha value is -3.60. The van der Waals surface area contributed by atoms with Crippen LogP contribution in [0.2, 0.25) is 0 Å². The van der Waals surface area contributed by atoms with Gasteiger partial charge in [0.05, 0.1) is 6.61 Å². The average molecular weight is 374 g/mol. The van der Waals surface area contributed by atoms with E-state index in [1.165, 1.54) is 10.6 Å². The zero-order valence-electron chi connectivity index (χ0n) is 15.7. The summed E-state index contributed by atoms with van der Waals surface area (Å²) in [7, 11) is 0. The molecule has 142 valence electrons. The number of rotatable bonds is 7. The molecule has 1 heterocycles. The van der Waals surface area contributed by atoms with Gasteiger partial charge >= 0.3 is 0 Å². The van der Waals surface area contributed by atoms with E-state index in [2.05, 4.69) is 5.32 Å². The molecule has 0 saturated heterocycles. The van der Waals surface area contributed by atoms with Crippen molar-refractivity contribution in [2.45, 2.75) is 13.5 Å². The average Bonchev–Trinajstić information content (AvgIpc) is 2.73. The summed E-state index contributed by atoms with van der Waals surface area (Å²) in [6, 6.07) is 21.8. The Labute approximate surface area is 163 Å². The topological polar surface area (TPSA) is 60.3 Å². The van der Waals surface area contributed by atoms with Crippen LogP contribution in [0.25, 0.3) is 11.8 Å². The third-order valence-corrected chi connectivity index (χ3v) is 4.11. The quantitative estimate of drug-likeness (QED) is 0.643. The van der Waals surface area contributed by atoms with E-state index in [1.54, 1.807) is 24.4 Å². The standard InChI is InChI=1S/C23H22N2O3/c1-2-28-20-13-11-18(12-14-20)16-21(25-15-7-6-10-22(25)26)23(27)24-17-19-8-4-3-5-9-19/h3-16H,2,17H2,1H3,(H,24,27). The Morgan fingerprint density at radius 1 is 1.00 bits per heavy atom. The highest BCUT2D eigenvalue weighted by molar-refractivity contribution is 6.18. The molecule has 2 aromatic carbocycles. The number of carbonyl (C=O) groups is 1. The largest absolute Gasteiger partial charge is 0.494 e. The fraction of sp³-hybridized carbons (Fsp3) is 0.130. The van der Waals surface area contributed by atoms with Crippen LogP contribution in [0.5, 0.6) is 5.75 Å². The molecule has 1 aromatic heterocycles. The number of nitrogens with one attached hydrogen (secondary N) is 1. The lowest BCUT2D eigenvalue weighted by molar-refractivity contribution is -0.116. The summed E-state index contributed by atoms with van der Waals surface area (Å²) in [5.41, 5.74) is 1.76. The lowest BCUT2D eigenvalue weighted by Crippen LogP contribution is -2.30. The van der Waals surface area contributed by atoms with Crippen LogP contribution in [0, 0.1) is 0 Å². The van der Waals surface area contributed by atoms with Crippen LogP contribution >= 0.6 is 0 Å². The Morgan fingerprint density at radius 3 is 2.39 bits per heavy atom. The van der Waals surface area contributed by atoms with Gasteiger partial charge in [0.1, 0.15) is 11.4 Å². The van der Waals surface area contributed by atoms with E-state index in [4.69, 9.17) is 4.74 Å². The van der Waals surface area contributed by atoms with Gasteiger partial charge in [0.2, 0.25) is 0 Å². The molecule has 0 atom stereocenters. The molecule has 3 aromatic rings. The normalized spacial score (nSPS) is 11.1. The molecule has 0 radical (unpaired) electrons. The van der Waals surface area contributed by atoms with Crippen LogP contribution in [0.15, 0.2) is 83.8 Å². The van der Waals surface area contributed by atoms with Gasteiger partial charge < -0.3 is 10.1 Å². The highest BCUT2D eigenvalue weighted by atomic mass is 16.5. The van der Waals surface area contributed by atoms with Crippen molar-refractivity contribution in [1.82, 2.24) is 9.88 Å². The van der Waals surface area contributed by atoms with Crippen molar-refractivity contribution in [2.24, 2.45) is 0 Å². The predicted molar refractivity (Wildman–Crippen MR) is 111 cm³/mol. The van der Waals surface area contributed by atoms with E-state index in [9.17, 15) is 9.59 Å². The lowest BCUT2D eigenvalue weighted by Gasteiger charge is -2.12. The van der Waals surface area contributed by atoms with Crippen molar-refractivity contribution in [3.63, 3.8) is 0 Å². The molecule has 0 bridgehead atoms. The Kier molecular flexibility index (Phi) is 6.41. The third-order valence-electron chi connectivity index (χ3n) is 4.11. The van der Waals surface area contributed by atoms with Crippen LogP contribution in [0.3, 0.4) is 0 Å². The second kappa shape index (κ2) is 9.37.